The number of nitrogens with zero attached hydrogens (tertiary/aromatic N) is 2. The minimum Gasteiger partial charge on any atom is -0.493 e. The molecule has 50 heavy (non-hydrogen) atoms. The molecule has 4 aromatic carbocycles. The molecule has 2 heterocycles. The first kappa shape index (κ1) is 34.6. The van der Waals surface area contributed by atoms with Gasteiger partial charge in [0.05, 0.1) is 52.2 Å². The molecule has 0 saturated carbocycles. The Morgan fingerprint density at radius 1 is 0.900 bits per heavy atom. The van der Waals surface area contributed by atoms with Crippen molar-refractivity contribution in [2.24, 2.45) is 4.99 Å². The average molecular weight is 754 g/mol. The van der Waals surface area contributed by atoms with E-state index in [2.05, 4.69) is 15.9 Å². The molecule has 6 rings (SSSR count). The van der Waals surface area contributed by atoms with E-state index in [0.29, 0.717) is 54.3 Å². The second-order valence-electron chi connectivity index (χ2n) is 11.1. The number of fused-ring (bicyclic) bond motifs is 1. The van der Waals surface area contributed by atoms with Gasteiger partial charge in [-0.15, -0.1) is 0 Å². The summed E-state index contributed by atoms with van der Waals surface area (Å²) in [5.41, 5.74) is 3.97. The molecule has 1 aliphatic heterocycles. The quantitative estimate of drug-likeness (QED) is 0.143. The zero-order valence-corrected chi connectivity index (χ0v) is 30.0. The van der Waals surface area contributed by atoms with Crippen molar-refractivity contribution in [2.45, 2.75) is 26.5 Å². The number of rotatable bonds is 11. The van der Waals surface area contributed by atoms with E-state index in [9.17, 15) is 14.4 Å². The van der Waals surface area contributed by atoms with E-state index in [4.69, 9.17) is 23.9 Å². The molecule has 9 nitrogen and oxygen atoms in total. The van der Waals surface area contributed by atoms with Crippen LogP contribution in [0, 0.1) is 0 Å². The highest BCUT2D eigenvalue weighted by atomic mass is 79.9. The first-order chi connectivity index (χ1) is 24.3. The van der Waals surface area contributed by atoms with Crippen LogP contribution in [0.1, 0.15) is 52.5 Å². The Morgan fingerprint density at radius 3 is 2.22 bits per heavy atom. The van der Waals surface area contributed by atoms with Gasteiger partial charge in [0.2, 0.25) is 0 Å². The van der Waals surface area contributed by atoms with Crippen molar-refractivity contribution in [2.75, 3.05) is 20.3 Å². The highest BCUT2D eigenvalue weighted by Gasteiger charge is 2.35. The Labute approximate surface area is 300 Å². The molecule has 0 amide bonds. The van der Waals surface area contributed by atoms with E-state index in [0.717, 1.165) is 16.7 Å². The molecule has 254 valence electrons. The standard InChI is InChI=1S/C39H33BrN2O7S/c1-4-47-37(44)28-18-16-24(17-19-28)23-49-35-29(40)20-25(21-30(35)46-3)22-31-36(43)42-34(27-14-10-7-11-15-27)32(38(45)48-5-2)33(41-39(42)50-31)26-12-8-6-9-13-26/h6-22,34H,4-5,23H2,1-3H3/b31-22-/t34-/m1/s1. The van der Waals surface area contributed by atoms with Crippen molar-refractivity contribution in [3.8, 4) is 11.5 Å². The zero-order chi connectivity index (χ0) is 35.2. The number of carbonyl (C=O) groups excluding carboxylic acids is 2. The van der Waals surface area contributed by atoms with E-state index < -0.39 is 12.0 Å². The number of methoxy groups -OCH3 is 1. The van der Waals surface area contributed by atoms with Gasteiger partial charge in [0.25, 0.3) is 5.56 Å². The zero-order valence-electron chi connectivity index (χ0n) is 27.6. The minimum atomic E-state index is -0.757. The van der Waals surface area contributed by atoms with E-state index in [-0.39, 0.29) is 24.7 Å². The molecule has 0 spiro atoms. The van der Waals surface area contributed by atoms with Crippen LogP contribution in [0.5, 0.6) is 11.5 Å². The predicted molar refractivity (Wildman–Crippen MR) is 195 cm³/mol. The lowest BCUT2D eigenvalue weighted by Crippen LogP contribution is -2.39. The molecule has 0 radical (unpaired) electrons. The van der Waals surface area contributed by atoms with Crippen LogP contribution >= 0.6 is 27.3 Å². The highest BCUT2D eigenvalue weighted by molar-refractivity contribution is 9.10. The first-order valence-electron chi connectivity index (χ1n) is 15.9. The number of thiazole rings is 1. The number of carbonyl (C=O) groups is 2. The van der Waals surface area contributed by atoms with Gasteiger partial charge in [0.1, 0.15) is 6.61 Å². The van der Waals surface area contributed by atoms with Gasteiger partial charge in [-0.1, -0.05) is 84.1 Å². The Morgan fingerprint density at radius 2 is 1.56 bits per heavy atom. The monoisotopic (exact) mass is 752 g/mol. The molecule has 0 saturated heterocycles. The van der Waals surface area contributed by atoms with Crippen molar-refractivity contribution in [3.63, 3.8) is 0 Å². The summed E-state index contributed by atoms with van der Waals surface area (Å²) in [5, 5.41) is 0. The third-order valence-electron chi connectivity index (χ3n) is 7.89. The Balaban J connectivity index is 1.40. The van der Waals surface area contributed by atoms with Gasteiger partial charge in [-0.25, -0.2) is 14.6 Å². The summed E-state index contributed by atoms with van der Waals surface area (Å²) in [6.07, 6.45) is 1.77. The van der Waals surface area contributed by atoms with Crippen LogP contribution in [0.2, 0.25) is 0 Å². The maximum Gasteiger partial charge on any atom is 0.338 e. The molecule has 1 aliphatic rings. The lowest BCUT2D eigenvalue weighted by atomic mass is 9.93. The third kappa shape index (κ3) is 7.19. The molecule has 0 fully saturated rings. The first-order valence-corrected chi connectivity index (χ1v) is 17.5. The van der Waals surface area contributed by atoms with E-state index >= 15 is 0 Å². The number of halogens is 1. The fourth-order valence-corrected chi connectivity index (χ4v) is 7.19. The van der Waals surface area contributed by atoms with Crippen LogP contribution in [0.15, 0.2) is 117 Å². The Kier molecular flexibility index (Phi) is 10.7. The van der Waals surface area contributed by atoms with E-state index in [1.807, 2.05) is 66.7 Å². The summed E-state index contributed by atoms with van der Waals surface area (Å²) in [6, 6.07) is 28.7. The van der Waals surface area contributed by atoms with Crippen molar-refractivity contribution in [3.05, 3.63) is 155 Å². The molecule has 0 bridgehead atoms. The molecule has 0 N–H and O–H groups in total. The van der Waals surface area contributed by atoms with Gasteiger partial charge >= 0.3 is 11.9 Å². The van der Waals surface area contributed by atoms with E-state index in [1.54, 1.807) is 61.9 Å². The van der Waals surface area contributed by atoms with Gasteiger partial charge in [-0.2, -0.15) is 0 Å². The molecular formula is C39H33BrN2O7S. The molecule has 0 unspecified atom stereocenters. The summed E-state index contributed by atoms with van der Waals surface area (Å²) in [7, 11) is 1.54. The largest absolute Gasteiger partial charge is 0.493 e. The molecule has 1 aromatic heterocycles. The van der Waals surface area contributed by atoms with Crippen molar-refractivity contribution < 1.29 is 28.5 Å². The lowest BCUT2D eigenvalue weighted by molar-refractivity contribution is -0.138. The number of hydrogen-bond donors (Lipinski definition) is 0. The summed E-state index contributed by atoms with van der Waals surface area (Å²) in [5.74, 6) is 0.0346. The Bertz CT molecular complexity index is 2250. The van der Waals surface area contributed by atoms with Crippen molar-refractivity contribution in [1.29, 1.82) is 0 Å². The summed E-state index contributed by atoms with van der Waals surface area (Å²) >= 11 is 4.86. The number of aromatic nitrogens is 1. The minimum absolute atomic E-state index is 0.175. The van der Waals surface area contributed by atoms with Crippen LogP contribution < -0.4 is 24.4 Å². The number of ether oxygens (including phenoxy) is 4. The van der Waals surface area contributed by atoms with Crippen LogP contribution in [0.3, 0.4) is 0 Å². The molecule has 0 aliphatic carbocycles. The Hall–Kier alpha value is -5.26. The van der Waals surface area contributed by atoms with Gasteiger partial charge in [0, 0.05) is 5.56 Å². The smallest absolute Gasteiger partial charge is 0.338 e. The highest BCUT2D eigenvalue weighted by Crippen LogP contribution is 2.38. The topological polar surface area (TPSA) is 105 Å². The fraction of sp³-hybridized carbons (Fsp3) is 0.179. The van der Waals surface area contributed by atoms with Crippen LogP contribution in [-0.4, -0.2) is 36.8 Å². The van der Waals surface area contributed by atoms with Gasteiger partial charge in [-0.3, -0.25) is 9.36 Å². The maximum absolute atomic E-state index is 14.2. The number of esters is 2. The molecule has 5 aromatic rings. The van der Waals surface area contributed by atoms with Crippen LogP contribution in [0.25, 0.3) is 11.8 Å². The van der Waals surface area contributed by atoms with Gasteiger partial charge in [-0.05, 0) is 76.8 Å². The third-order valence-corrected chi connectivity index (χ3v) is 9.46. The van der Waals surface area contributed by atoms with Crippen molar-refractivity contribution >= 4 is 51.0 Å². The van der Waals surface area contributed by atoms with Gasteiger partial charge in [0.15, 0.2) is 16.3 Å². The fourth-order valence-electron chi connectivity index (χ4n) is 5.61. The summed E-state index contributed by atoms with van der Waals surface area (Å²) in [4.78, 5) is 45.2. The lowest BCUT2D eigenvalue weighted by Gasteiger charge is -2.25. The predicted octanol–water partition coefficient (Wildman–Crippen LogP) is 6.46. The molecular weight excluding hydrogens is 720 g/mol. The van der Waals surface area contributed by atoms with E-state index in [1.165, 1.54) is 11.3 Å². The molecule has 11 heteroatoms. The second kappa shape index (κ2) is 15.5. The number of hydrogen-bond acceptors (Lipinski definition) is 9. The number of benzene rings is 4. The molecule has 1 atom stereocenters. The van der Waals surface area contributed by atoms with Crippen molar-refractivity contribution in [1.82, 2.24) is 4.57 Å². The average Bonchev–Trinajstić information content (AvgIpc) is 3.45. The van der Waals surface area contributed by atoms with Crippen LogP contribution in [0.4, 0.5) is 0 Å². The SMILES string of the molecule is CCOC(=O)C1=C(c2ccccc2)N=c2s/c(=C\c3cc(Br)c(OCc4ccc(C(=O)OCC)cc4)c(OC)c3)c(=O)n2[C@@H]1c1ccccc1. The van der Waals surface area contributed by atoms with Crippen LogP contribution in [-0.2, 0) is 20.9 Å². The van der Waals surface area contributed by atoms with Gasteiger partial charge < -0.3 is 18.9 Å². The summed E-state index contributed by atoms with van der Waals surface area (Å²) in [6.45, 7) is 4.22. The normalized spacial score (nSPS) is 14.1. The second-order valence-corrected chi connectivity index (χ2v) is 12.9. The maximum atomic E-state index is 14.2. The summed E-state index contributed by atoms with van der Waals surface area (Å²) < 4.78 is 25.0.